The number of ether oxygens (including phenoxy) is 2. The van der Waals surface area contributed by atoms with Gasteiger partial charge in [0.15, 0.2) is 0 Å². The average molecular weight is 422 g/mol. The van der Waals surface area contributed by atoms with Gasteiger partial charge in [0, 0.05) is 18.5 Å². The van der Waals surface area contributed by atoms with Crippen LogP contribution in [-0.4, -0.2) is 35.7 Å². The Bertz CT molecular complexity index is 1040. The molecule has 0 aliphatic carbocycles. The van der Waals surface area contributed by atoms with E-state index in [0.717, 1.165) is 54.6 Å². The first-order valence-corrected chi connectivity index (χ1v) is 11.0. The van der Waals surface area contributed by atoms with Crippen molar-refractivity contribution in [1.29, 1.82) is 5.26 Å². The molecule has 30 heavy (non-hydrogen) atoms. The van der Waals surface area contributed by atoms with E-state index in [1.54, 1.807) is 10.4 Å². The van der Waals surface area contributed by atoms with Gasteiger partial charge >= 0.3 is 6.09 Å². The molecule has 1 fully saturated rings. The molecule has 2 heterocycles. The first-order chi connectivity index (χ1) is 14.7. The minimum atomic E-state index is -0.256. The SMILES string of the molecule is N#Cc1ccc2cc(OCCC3CCN(C(=O)OCc4cscn4)CC3)ccc2c1. The van der Waals surface area contributed by atoms with Crippen molar-refractivity contribution >= 4 is 28.2 Å². The lowest BCUT2D eigenvalue weighted by Crippen LogP contribution is -2.39. The van der Waals surface area contributed by atoms with Crippen molar-refractivity contribution in [3.63, 3.8) is 0 Å². The Labute approximate surface area is 179 Å². The molecule has 0 atom stereocenters. The molecule has 2 aromatic carbocycles. The molecule has 0 unspecified atom stereocenters. The predicted molar refractivity (Wildman–Crippen MR) is 115 cm³/mol. The minimum absolute atomic E-state index is 0.236. The smallest absolute Gasteiger partial charge is 0.410 e. The van der Waals surface area contributed by atoms with Crippen LogP contribution in [0.5, 0.6) is 5.75 Å². The number of carbonyl (C=O) groups excluding carboxylic acids is 1. The number of likely N-dealkylation sites (tertiary alicyclic amines) is 1. The van der Waals surface area contributed by atoms with Gasteiger partial charge in [0.25, 0.3) is 0 Å². The van der Waals surface area contributed by atoms with Gasteiger partial charge in [-0.05, 0) is 60.2 Å². The molecule has 1 aliphatic rings. The number of piperidine rings is 1. The van der Waals surface area contributed by atoms with Crippen LogP contribution in [0.2, 0.25) is 0 Å². The number of nitrogens with zero attached hydrogens (tertiary/aromatic N) is 3. The molecule has 0 spiro atoms. The van der Waals surface area contributed by atoms with Crippen molar-refractivity contribution in [1.82, 2.24) is 9.88 Å². The molecule has 4 rings (SSSR count). The summed E-state index contributed by atoms with van der Waals surface area (Å²) in [5.41, 5.74) is 3.19. The zero-order chi connectivity index (χ0) is 20.8. The van der Waals surface area contributed by atoms with E-state index < -0.39 is 0 Å². The number of carbonyl (C=O) groups is 1. The highest BCUT2D eigenvalue weighted by molar-refractivity contribution is 7.07. The van der Waals surface area contributed by atoms with E-state index in [0.29, 0.717) is 18.1 Å². The van der Waals surface area contributed by atoms with Crippen LogP contribution in [0.4, 0.5) is 4.79 Å². The van der Waals surface area contributed by atoms with Gasteiger partial charge < -0.3 is 14.4 Å². The van der Waals surface area contributed by atoms with E-state index >= 15 is 0 Å². The van der Waals surface area contributed by atoms with Crippen LogP contribution in [0.15, 0.2) is 47.3 Å². The van der Waals surface area contributed by atoms with Crippen LogP contribution in [0.3, 0.4) is 0 Å². The molecule has 1 aliphatic heterocycles. The highest BCUT2D eigenvalue weighted by atomic mass is 32.1. The number of benzene rings is 2. The van der Waals surface area contributed by atoms with E-state index in [2.05, 4.69) is 11.1 Å². The van der Waals surface area contributed by atoms with Crippen LogP contribution < -0.4 is 4.74 Å². The third-order valence-corrected chi connectivity index (χ3v) is 6.07. The fraction of sp³-hybridized carbons (Fsp3) is 0.348. The number of amides is 1. The number of aromatic nitrogens is 1. The van der Waals surface area contributed by atoms with E-state index in [1.165, 1.54) is 11.3 Å². The van der Waals surface area contributed by atoms with Gasteiger partial charge in [-0.25, -0.2) is 9.78 Å². The largest absolute Gasteiger partial charge is 0.494 e. The third kappa shape index (κ3) is 5.08. The number of fused-ring (bicyclic) bond motifs is 1. The molecule has 0 radical (unpaired) electrons. The van der Waals surface area contributed by atoms with Crippen molar-refractivity contribution in [2.75, 3.05) is 19.7 Å². The van der Waals surface area contributed by atoms with Gasteiger partial charge in [-0.1, -0.05) is 12.1 Å². The summed E-state index contributed by atoms with van der Waals surface area (Å²) in [6.45, 7) is 2.33. The van der Waals surface area contributed by atoms with Crippen LogP contribution in [0, 0.1) is 17.2 Å². The van der Waals surface area contributed by atoms with E-state index in [4.69, 9.17) is 14.7 Å². The molecule has 1 aromatic heterocycles. The fourth-order valence-corrected chi connectivity index (χ4v) is 4.21. The Morgan fingerprint density at radius 1 is 1.20 bits per heavy atom. The van der Waals surface area contributed by atoms with Crippen molar-refractivity contribution in [2.24, 2.45) is 5.92 Å². The van der Waals surface area contributed by atoms with E-state index in [-0.39, 0.29) is 12.7 Å². The molecular weight excluding hydrogens is 398 g/mol. The molecule has 0 bridgehead atoms. The highest BCUT2D eigenvalue weighted by Crippen LogP contribution is 2.24. The Hall–Kier alpha value is -3.11. The van der Waals surface area contributed by atoms with Gasteiger partial charge in [0.05, 0.1) is 29.4 Å². The first-order valence-electron chi connectivity index (χ1n) is 10.1. The minimum Gasteiger partial charge on any atom is -0.494 e. The second-order valence-corrected chi connectivity index (χ2v) is 8.16. The summed E-state index contributed by atoms with van der Waals surface area (Å²) < 4.78 is 11.3. The van der Waals surface area contributed by atoms with Crippen LogP contribution in [0.1, 0.15) is 30.5 Å². The molecule has 0 N–H and O–H groups in total. The summed E-state index contributed by atoms with van der Waals surface area (Å²) >= 11 is 1.50. The first kappa shape index (κ1) is 20.2. The fourth-order valence-electron chi connectivity index (χ4n) is 3.67. The van der Waals surface area contributed by atoms with Crippen LogP contribution >= 0.6 is 11.3 Å². The quantitative estimate of drug-likeness (QED) is 0.561. The maximum atomic E-state index is 12.2. The summed E-state index contributed by atoms with van der Waals surface area (Å²) in [6.07, 6.45) is 2.63. The van der Waals surface area contributed by atoms with Crippen LogP contribution in [-0.2, 0) is 11.3 Å². The van der Waals surface area contributed by atoms with Gasteiger partial charge in [-0.3, -0.25) is 0 Å². The van der Waals surface area contributed by atoms with Gasteiger partial charge in [-0.2, -0.15) is 5.26 Å². The maximum absolute atomic E-state index is 12.2. The Balaban J connectivity index is 1.19. The Morgan fingerprint density at radius 2 is 2.00 bits per heavy atom. The molecule has 1 amide bonds. The lowest BCUT2D eigenvalue weighted by atomic mass is 9.94. The molecular formula is C23H23N3O3S. The lowest BCUT2D eigenvalue weighted by molar-refractivity contribution is 0.0792. The second-order valence-electron chi connectivity index (χ2n) is 7.44. The summed E-state index contributed by atoms with van der Waals surface area (Å²) in [7, 11) is 0. The summed E-state index contributed by atoms with van der Waals surface area (Å²) in [6, 6.07) is 13.8. The molecule has 1 saturated heterocycles. The lowest BCUT2D eigenvalue weighted by Gasteiger charge is -2.31. The van der Waals surface area contributed by atoms with Gasteiger partial charge in [0.2, 0.25) is 0 Å². The molecule has 154 valence electrons. The highest BCUT2D eigenvalue weighted by Gasteiger charge is 2.23. The molecule has 3 aromatic rings. The summed E-state index contributed by atoms with van der Waals surface area (Å²) in [5, 5.41) is 13.0. The standard InChI is InChI=1S/C23H23N3O3S/c24-13-18-1-2-20-12-22(4-3-19(20)11-18)28-10-7-17-5-8-26(9-6-17)23(27)29-14-21-15-30-16-25-21/h1-4,11-12,15-17H,5-10,14H2. The van der Waals surface area contributed by atoms with Crippen molar-refractivity contribution < 1.29 is 14.3 Å². The van der Waals surface area contributed by atoms with Crippen molar-refractivity contribution in [2.45, 2.75) is 25.9 Å². The maximum Gasteiger partial charge on any atom is 0.410 e. The number of nitriles is 1. The van der Waals surface area contributed by atoms with Gasteiger partial charge in [0.1, 0.15) is 12.4 Å². The molecule has 0 saturated carbocycles. The summed E-state index contributed by atoms with van der Waals surface area (Å²) in [4.78, 5) is 18.1. The zero-order valence-electron chi connectivity index (χ0n) is 16.6. The third-order valence-electron chi connectivity index (χ3n) is 5.44. The monoisotopic (exact) mass is 421 g/mol. The molecule has 7 heteroatoms. The summed E-state index contributed by atoms with van der Waals surface area (Å²) in [5.74, 6) is 1.39. The van der Waals surface area contributed by atoms with Gasteiger partial charge in [-0.15, -0.1) is 11.3 Å². The van der Waals surface area contributed by atoms with Crippen molar-refractivity contribution in [3.05, 3.63) is 58.5 Å². The average Bonchev–Trinajstić information content (AvgIpc) is 3.31. The number of rotatable bonds is 6. The van der Waals surface area contributed by atoms with E-state index in [9.17, 15) is 4.79 Å². The Kier molecular flexibility index (Phi) is 6.45. The van der Waals surface area contributed by atoms with Crippen molar-refractivity contribution in [3.8, 4) is 11.8 Å². The van der Waals surface area contributed by atoms with E-state index in [1.807, 2.05) is 41.8 Å². The normalized spacial score (nSPS) is 14.4. The molecule has 6 nitrogen and oxygen atoms in total. The second kappa shape index (κ2) is 9.59. The number of hydrogen-bond acceptors (Lipinski definition) is 6. The topological polar surface area (TPSA) is 75.5 Å². The number of thiazole rings is 1. The van der Waals surface area contributed by atoms with Crippen LogP contribution in [0.25, 0.3) is 10.8 Å². The number of hydrogen-bond donors (Lipinski definition) is 0. The predicted octanol–water partition coefficient (Wildman–Crippen LogP) is 4.99. The zero-order valence-corrected chi connectivity index (χ0v) is 17.4. The Morgan fingerprint density at radius 3 is 2.77 bits per heavy atom.